The Morgan fingerprint density at radius 1 is 1.13 bits per heavy atom. The zero-order valence-electron chi connectivity index (χ0n) is 18.5. The van der Waals surface area contributed by atoms with Gasteiger partial charge < -0.3 is 19.1 Å². The summed E-state index contributed by atoms with van der Waals surface area (Å²) in [5.41, 5.74) is 2.39. The lowest BCUT2D eigenvalue weighted by Gasteiger charge is -2.46. The van der Waals surface area contributed by atoms with E-state index in [1.54, 1.807) is 14.2 Å². The van der Waals surface area contributed by atoms with Crippen molar-refractivity contribution in [1.82, 2.24) is 9.80 Å². The quantitative estimate of drug-likeness (QED) is 0.633. The van der Waals surface area contributed by atoms with Gasteiger partial charge in [-0.3, -0.25) is 14.5 Å². The number of nitrogens with zero attached hydrogens (tertiary/aromatic N) is 2. The second kappa shape index (κ2) is 10.4. The minimum atomic E-state index is -0.430. The molecule has 0 saturated carbocycles. The van der Waals surface area contributed by atoms with E-state index in [0.717, 1.165) is 18.7 Å². The number of methoxy groups -OCH3 is 2. The first-order chi connectivity index (χ1) is 13.9. The van der Waals surface area contributed by atoms with E-state index in [1.807, 2.05) is 30.9 Å². The standard InChI is InChI=1S/C22H32N2O5.ClH/c1-6-23(7-2)22(26)17-13-24-9-8-15-10-20(27-4)21(28-5)11-16(15)18(24)12-19(17)29-14(3)25;/h10-11,17-19H,6-9,12-13H2,1-5H3;1H/t17-,18+,19-;/m1./s1. The van der Waals surface area contributed by atoms with Crippen molar-refractivity contribution in [2.45, 2.75) is 45.8 Å². The van der Waals surface area contributed by atoms with E-state index in [4.69, 9.17) is 14.2 Å². The van der Waals surface area contributed by atoms with Gasteiger partial charge in [-0.15, -0.1) is 12.4 Å². The van der Waals surface area contributed by atoms with Crippen LogP contribution in [0.4, 0.5) is 0 Å². The average molecular weight is 441 g/mol. The molecule has 0 N–H and O–H groups in total. The SMILES string of the molecule is CCN(CC)C(=O)[C@@H]1CN2CCc3cc(OC)c(OC)cc3[C@@H]2C[C@H]1OC(C)=O.Cl. The van der Waals surface area contributed by atoms with Gasteiger partial charge in [0.05, 0.1) is 20.1 Å². The van der Waals surface area contributed by atoms with Crippen molar-refractivity contribution in [3.63, 3.8) is 0 Å². The molecule has 0 radical (unpaired) electrons. The van der Waals surface area contributed by atoms with Gasteiger partial charge in [-0.25, -0.2) is 0 Å². The largest absolute Gasteiger partial charge is 0.493 e. The van der Waals surface area contributed by atoms with Gasteiger partial charge in [0.15, 0.2) is 11.5 Å². The molecule has 0 aliphatic carbocycles. The summed E-state index contributed by atoms with van der Waals surface area (Å²) in [4.78, 5) is 29.1. The smallest absolute Gasteiger partial charge is 0.302 e. The predicted molar refractivity (Wildman–Crippen MR) is 116 cm³/mol. The fourth-order valence-corrected chi connectivity index (χ4v) is 4.68. The van der Waals surface area contributed by atoms with Gasteiger partial charge in [-0.2, -0.15) is 0 Å². The first-order valence-electron chi connectivity index (χ1n) is 10.4. The van der Waals surface area contributed by atoms with Crippen LogP contribution in [-0.4, -0.2) is 68.2 Å². The van der Waals surface area contributed by atoms with E-state index < -0.39 is 6.10 Å². The molecule has 0 aromatic heterocycles. The van der Waals surface area contributed by atoms with Crippen LogP contribution in [0.25, 0.3) is 0 Å². The van der Waals surface area contributed by atoms with E-state index in [1.165, 1.54) is 18.1 Å². The molecule has 1 fully saturated rings. The number of benzene rings is 1. The third-order valence-electron chi connectivity index (χ3n) is 6.16. The fourth-order valence-electron chi connectivity index (χ4n) is 4.68. The zero-order valence-corrected chi connectivity index (χ0v) is 19.3. The lowest BCUT2D eigenvalue weighted by molar-refractivity contribution is -0.161. The Morgan fingerprint density at radius 3 is 2.33 bits per heavy atom. The van der Waals surface area contributed by atoms with Crippen LogP contribution in [0.2, 0.25) is 0 Å². The van der Waals surface area contributed by atoms with Crippen LogP contribution in [0.5, 0.6) is 11.5 Å². The molecule has 1 aromatic carbocycles. The van der Waals surface area contributed by atoms with Crippen molar-refractivity contribution in [2.24, 2.45) is 5.92 Å². The summed E-state index contributed by atoms with van der Waals surface area (Å²) in [5.74, 6) is 0.804. The first-order valence-corrected chi connectivity index (χ1v) is 10.4. The zero-order chi connectivity index (χ0) is 21.1. The van der Waals surface area contributed by atoms with Crippen molar-refractivity contribution < 1.29 is 23.8 Å². The first kappa shape index (κ1) is 24.3. The number of carbonyl (C=O) groups excluding carboxylic acids is 2. The van der Waals surface area contributed by atoms with Gasteiger partial charge in [0.25, 0.3) is 0 Å². The molecule has 2 aliphatic heterocycles. The highest BCUT2D eigenvalue weighted by molar-refractivity contribution is 5.85. The van der Waals surface area contributed by atoms with E-state index in [9.17, 15) is 9.59 Å². The molecule has 3 rings (SSSR count). The van der Waals surface area contributed by atoms with E-state index in [2.05, 4.69) is 4.90 Å². The highest BCUT2D eigenvalue weighted by Crippen LogP contribution is 2.43. The maximum atomic E-state index is 13.1. The third kappa shape index (κ3) is 4.67. The van der Waals surface area contributed by atoms with Crippen LogP contribution in [0.3, 0.4) is 0 Å². The molecule has 0 unspecified atom stereocenters. The number of rotatable bonds is 6. The predicted octanol–water partition coefficient (Wildman–Crippen LogP) is 2.84. The third-order valence-corrected chi connectivity index (χ3v) is 6.16. The highest BCUT2D eigenvalue weighted by Gasteiger charge is 2.44. The number of hydrogen-bond acceptors (Lipinski definition) is 6. The van der Waals surface area contributed by atoms with Gasteiger partial charge in [-0.1, -0.05) is 0 Å². The number of amides is 1. The van der Waals surface area contributed by atoms with Crippen molar-refractivity contribution in [3.05, 3.63) is 23.3 Å². The Hall–Kier alpha value is -1.99. The number of piperidine rings is 1. The molecule has 3 atom stereocenters. The number of carbonyl (C=O) groups is 2. The van der Waals surface area contributed by atoms with E-state index in [-0.39, 0.29) is 36.2 Å². The summed E-state index contributed by atoms with van der Waals surface area (Å²) in [6.45, 7) is 8.13. The van der Waals surface area contributed by atoms with E-state index >= 15 is 0 Å². The number of hydrogen-bond donors (Lipinski definition) is 0. The molecule has 1 amide bonds. The highest BCUT2D eigenvalue weighted by atomic mass is 35.5. The topological polar surface area (TPSA) is 68.3 Å². The number of esters is 1. The van der Waals surface area contributed by atoms with Gasteiger partial charge in [0.2, 0.25) is 5.91 Å². The van der Waals surface area contributed by atoms with Gasteiger partial charge in [-0.05, 0) is 43.5 Å². The minimum absolute atomic E-state index is 0. The molecule has 30 heavy (non-hydrogen) atoms. The maximum Gasteiger partial charge on any atom is 0.302 e. The Morgan fingerprint density at radius 2 is 1.77 bits per heavy atom. The van der Waals surface area contributed by atoms with Gasteiger partial charge in [0.1, 0.15) is 6.10 Å². The second-order valence-corrected chi connectivity index (χ2v) is 7.67. The van der Waals surface area contributed by atoms with Crippen molar-refractivity contribution >= 4 is 24.3 Å². The maximum absolute atomic E-state index is 13.1. The minimum Gasteiger partial charge on any atom is -0.493 e. The Labute approximate surface area is 185 Å². The van der Waals surface area contributed by atoms with Crippen LogP contribution < -0.4 is 9.47 Å². The summed E-state index contributed by atoms with van der Waals surface area (Å²) in [6, 6.07) is 4.16. The Balaban J connectivity index is 0.00000320. The fraction of sp³-hybridized carbons (Fsp3) is 0.636. The monoisotopic (exact) mass is 440 g/mol. The van der Waals surface area contributed by atoms with Crippen molar-refractivity contribution in [1.29, 1.82) is 0 Å². The Bertz CT molecular complexity index is 768. The van der Waals surface area contributed by atoms with Crippen LogP contribution >= 0.6 is 12.4 Å². The lowest BCUT2D eigenvalue weighted by atomic mass is 9.81. The summed E-state index contributed by atoms with van der Waals surface area (Å²) < 4.78 is 16.6. The molecule has 1 saturated heterocycles. The molecule has 168 valence electrons. The second-order valence-electron chi connectivity index (χ2n) is 7.67. The average Bonchev–Trinajstić information content (AvgIpc) is 2.72. The van der Waals surface area contributed by atoms with Crippen LogP contribution in [0, 0.1) is 5.92 Å². The molecule has 2 heterocycles. The summed E-state index contributed by atoms with van der Waals surface area (Å²) >= 11 is 0. The van der Waals surface area contributed by atoms with Crippen molar-refractivity contribution in [2.75, 3.05) is 40.4 Å². The summed E-state index contributed by atoms with van der Waals surface area (Å²) in [7, 11) is 3.27. The number of ether oxygens (including phenoxy) is 3. The van der Waals surface area contributed by atoms with Crippen molar-refractivity contribution in [3.8, 4) is 11.5 Å². The van der Waals surface area contributed by atoms with Crippen LogP contribution in [0.1, 0.15) is 44.4 Å². The van der Waals surface area contributed by atoms with Crippen LogP contribution in [0.15, 0.2) is 12.1 Å². The molecule has 0 spiro atoms. The molecule has 2 aliphatic rings. The Kier molecular flexibility index (Phi) is 8.38. The summed E-state index contributed by atoms with van der Waals surface area (Å²) in [5, 5.41) is 0. The number of halogens is 1. The number of fused-ring (bicyclic) bond motifs is 3. The molecule has 0 bridgehead atoms. The molecule has 8 heteroatoms. The van der Waals surface area contributed by atoms with Crippen LogP contribution in [-0.2, 0) is 20.7 Å². The molecule has 7 nitrogen and oxygen atoms in total. The van der Waals surface area contributed by atoms with Gasteiger partial charge in [0, 0.05) is 45.6 Å². The van der Waals surface area contributed by atoms with Gasteiger partial charge >= 0.3 is 5.97 Å². The lowest BCUT2D eigenvalue weighted by Crippen LogP contribution is -2.54. The molecular formula is C22H33ClN2O5. The normalized spacial score (nSPS) is 22.8. The van der Waals surface area contributed by atoms with E-state index in [0.29, 0.717) is 31.8 Å². The summed E-state index contributed by atoms with van der Waals surface area (Å²) in [6.07, 6.45) is 1.05. The molecular weight excluding hydrogens is 408 g/mol. The molecule has 1 aromatic rings.